The number of halogens is 1. The van der Waals surface area contributed by atoms with Crippen molar-refractivity contribution in [1.82, 2.24) is 5.32 Å². The Morgan fingerprint density at radius 1 is 1.50 bits per heavy atom. The lowest BCUT2D eigenvalue weighted by Gasteiger charge is -2.12. The summed E-state index contributed by atoms with van der Waals surface area (Å²) in [6, 6.07) is 5.85. The fourth-order valence-electron chi connectivity index (χ4n) is 1.88. The van der Waals surface area contributed by atoms with Crippen LogP contribution in [0.15, 0.2) is 18.2 Å². The maximum absolute atomic E-state index is 6.15. The molecule has 2 nitrogen and oxygen atoms in total. The molecule has 14 heavy (non-hydrogen) atoms. The molecule has 0 bridgehead atoms. The van der Waals surface area contributed by atoms with Crippen LogP contribution in [0.1, 0.15) is 17.9 Å². The molecule has 0 aliphatic carbocycles. The Morgan fingerprint density at radius 2 is 2.36 bits per heavy atom. The van der Waals surface area contributed by atoms with Gasteiger partial charge in [0.05, 0.1) is 7.11 Å². The number of rotatable bonds is 2. The summed E-state index contributed by atoms with van der Waals surface area (Å²) < 4.78 is 5.19. The average molecular weight is 212 g/mol. The van der Waals surface area contributed by atoms with Crippen molar-refractivity contribution in [3.63, 3.8) is 0 Å². The highest BCUT2D eigenvalue weighted by molar-refractivity contribution is 6.31. The molecule has 3 heteroatoms. The Labute approximate surface area is 89.2 Å². The summed E-state index contributed by atoms with van der Waals surface area (Å²) in [4.78, 5) is 0. The van der Waals surface area contributed by atoms with Crippen molar-refractivity contribution in [1.29, 1.82) is 0 Å². The zero-order valence-electron chi connectivity index (χ0n) is 8.22. The monoisotopic (exact) mass is 211 g/mol. The first-order chi connectivity index (χ1) is 6.81. The number of methoxy groups -OCH3 is 1. The normalized spacial score (nSPS) is 21.1. The fourth-order valence-corrected chi connectivity index (χ4v) is 2.15. The molecule has 0 unspecified atom stereocenters. The van der Waals surface area contributed by atoms with Crippen LogP contribution in [0.5, 0.6) is 5.75 Å². The van der Waals surface area contributed by atoms with E-state index in [1.807, 2.05) is 18.2 Å². The second kappa shape index (κ2) is 4.20. The lowest BCUT2D eigenvalue weighted by atomic mass is 9.98. The van der Waals surface area contributed by atoms with Gasteiger partial charge in [-0.15, -0.1) is 0 Å². The van der Waals surface area contributed by atoms with Gasteiger partial charge in [-0.05, 0) is 42.6 Å². The molecule has 0 saturated carbocycles. The van der Waals surface area contributed by atoms with Crippen molar-refractivity contribution >= 4 is 11.6 Å². The lowest BCUT2D eigenvalue weighted by molar-refractivity contribution is 0.414. The third-order valence-corrected chi connectivity index (χ3v) is 3.05. The van der Waals surface area contributed by atoms with Crippen molar-refractivity contribution in [3.8, 4) is 5.75 Å². The Kier molecular flexibility index (Phi) is 2.94. The predicted octanol–water partition coefficient (Wildman–Crippen LogP) is 2.43. The summed E-state index contributed by atoms with van der Waals surface area (Å²) >= 11 is 6.15. The first kappa shape index (κ1) is 9.81. The summed E-state index contributed by atoms with van der Waals surface area (Å²) in [6.45, 7) is 2.10. The van der Waals surface area contributed by atoms with Crippen LogP contribution >= 0.6 is 11.6 Å². The SMILES string of the molecule is COc1ccc(Cl)c([C@H]2CCNC2)c1. The Bertz CT molecular complexity index is 321. The molecule has 1 heterocycles. The molecular formula is C11H14ClNO. The number of hydrogen-bond donors (Lipinski definition) is 1. The average Bonchev–Trinajstić information content (AvgIpc) is 2.71. The Hall–Kier alpha value is -0.730. The van der Waals surface area contributed by atoms with Gasteiger partial charge >= 0.3 is 0 Å². The van der Waals surface area contributed by atoms with E-state index in [9.17, 15) is 0 Å². The zero-order chi connectivity index (χ0) is 9.97. The van der Waals surface area contributed by atoms with Gasteiger partial charge in [-0.3, -0.25) is 0 Å². The largest absolute Gasteiger partial charge is 0.497 e. The predicted molar refractivity (Wildman–Crippen MR) is 58.2 cm³/mol. The van der Waals surface area contributed by atoms with Crippen LogP contribution in [-0.2, 0) is 0 Å². The van der Waals surface area contributed by atoms with Gasteiger partial charge in [0.15, 0.2) is 0 Å². The topological polar surface area (TPSA) is 21.3 Å². The third kappa shape index (κ3) is 1.86. The van der Waals surface area contributed by atoms with Crippen molar-refractivity contribution in [2.24, 2.45) is 0 Å². The van der Waals surface area contributed by atoms with Gasteiger partial charge in [0.2, 0.25) is 0 Å². The van der Waals surface area contributed by atoms with Crippen LogP contribution in [0.2, 0.25) is 5.02 Å². The van der Waals surface area contributed by atoms with E-state index in [0.29, 0.717) is 5.92 Å². The summed E-state index contributed by atoms with van der Waals surface area (Å²) in [5.74, 6) is 1.42. The number of hydrogen-bond acceptors (Lipinski definition) is 2. The van der Waals surface area contributed by atoms with Gasteiger partial charge in [-0.1, -0.05) is 11.6 Å². The van der Waals surface area contributed by atoms with E-state index in [0.717, 1.165) is 30.3 Å². The molecular weight excluding hydrogens is 198 g/mol. The molecule has 0 aromatic heterocycles. The van der Waals surface area contributed by atoms with Crippen LogP contribution in [-0.4, -0.2) is 20.2 Å². The minimum atomic E-state index is 0.539. The van der Waals surface area contributed by atoms with Crippen LogP contribution < -0.4 is 10.1 Å². The summed E-state index contributed by atoms with van der Waals surface area (Å²) in [7, 11) is 1.68. The molecule has 1 aliphatic heterocycles. The number of nitrogens with one attached hydrogen (secondary N) is 1. The quantitative estimate of drug-likeness (QED) is 0.812. The first-order valence-corrected chi connectivity index (χ1v) is 5.23. The van der Waals surface area contributed by atoms with E-state index in [1.54, 1.807) is 7.11 Å². The van der Waals surface area contributed by atoms with Crippen molar-refractivity contribution in [2.45, 2.75) is 12.3 Å². The van der Waals surface area contributed by atoms with E-state index in [2.05, 4.69) is 5.32 Å². The van der Waals surface area contributed by atoms with Crippen molar-refractivity contribution < 1.29 is 4.74 Å². The third-order valence-electron chi connectivity index (χ3n) is 2.70. The molecule has 1 aromatic rings. The van der Waals surface area contributed by atoms with Crippen LogP contribution in [0.25, 0.3) is 0 Å². The summed E-state index contributed by atoms with van der Waals surface area (Å²) in [5, 5.41) is 4.18. The lowest BCUT2D eigenvalue weighted by Crippen LogP contribution is -2.08. The van der Waals surface area contributed by atoms with E-state index in [1.165, 1.54) is 5.56 Å². The number of benzene rings is 1. The van der Waals surface area contributed by atoms with E-state index >= 15 is 0 Å². The molecule has 1 aliphatic rings. The zero-order valence-corrected chi connectivity index (χ0v) is 8.97. The van der Waals surface area contributed by atoms with Gasteiger partial charge in [0.25, 0.3) is 0 Å². The highest BCUT2D eigenvalue weighted by Crippen LogP contribution is 2.31. The van der Waals surface area contributed by atoms with Crippen LogP contribution in [0.4, 0.5) is 0 Å². The van der Waals surface area contributed by atoms with E-state index in [4.69, 9.17) is 16.3 Å². The van der Waals surface area contributed by atoms with Crippen LogP contribution in [0, 0.1) is 0 Å². The van der Waals surface area contributed by atoms with Gasteiger partial charge in [-0.25, -0.2) is 0 Å². The molecule has 0 amide bonds. The maximum Gasteiger partial charge on any atom is 0.119 e. The van der Waals surface area contributed by atoms with Gasteiger partial charge < -0.3 is 10.1 Å². The van der Waals surface area contributed by atoms with Gasteiger partial charge in [0.1, 0.15) is 5.75 Å². The molecule has 2 rings (SSSR count). The molecule has 1 N–H and O–H groups in total. The van der Waals surface area contributed by atoms with Crippen molar-refractivity contribution in [2.75, 3.05) is 20.2 Å². The van der Waals surface area contributed by atoms with E-state index < -0.39 is 0 Å². The second-order valence-corrected chi connectivity index (χ2v) is 3.98. The molecule has 1 aromatic carbocycles. The molecule has 1 saturated heterocycles. The first-order valence-electron chi connectivity index (χ1n) is 4.85. The van der Waals surface area contributed by atoms with Crippen LogP contribution in [0.3, 0.4) is 0 Å². The smallest absolute Gasteiger partial charge is 0.119 e. The fraction of sp³-hybridized carbons (Fsp3) is 0.455. The molecule has 0 radical (unpaired) electrons. The Morgan fingerprint density at radius 3 is 3.00 bits per heavy atom. The summed E-state index contributed by atoms with van der Waals surface area (Å²) in [5.41, 5.74) is 1.20. The maximum atomic E-state index is 6.15. The molecule has 1 atom stereocenters. The summed E-state index contributed by atoms with van der Waals surface area (Å²) in [6.07, 6.45) is 1.16. The number of ether oxygens (including phenoxy) is 1. The van der Waals surface area contributed by atoms with Gasteiger partial charge in [-0.2, -0.15) is 0 Å². The Balaban J connectivity index is 2.29. The molecule has 0 spiro atoms. The van der Waals surface area contributed by atoms with Gasteiger partial charge in [0, 0.05) is 11.6 Å². The molecule has 1 fully saturated rings. The highest BCUT2D eigenvalue weighted by atomic mass is 35.5. The minimum absolute atomic E-state index is 0.539. The van der Waals surface area contributed by atoms with Crippen molar-refractivity contribution in [3.05, 3.63) is 28.8 Å². The van der Waals surface area contributed by atoms with E-state index in [-0.39, 0.29) is 0 Å². The standard InChI is InChI=1S/C11H14ClNO/c1-14-9-2-3-11(12)10(6-9)8-4-5-13-7-8/h2-3,6,8,13H,4-5,7H2,1H3/t8-/m0/s1. The minimum Gasteiger partial charge on any atom is -0.497 e. The second-order valence-electron chi connectivity index (χ2n) is 3.58. The molecule has 76 valence electrons. The highest BCUT2D eigenvalue weighted by Gasteiger charge is 2.19.